The Morgan fingerprint density at radius 3 is 2.89 bits per heavy atom. The molecule has 0 saturated carbocycles. The summed E-state index contributed by atoms with van der Waals surface area (Å²) in [4.78, 5) is 10.5. The number of carboxylic acids is 1. The Balaban J connectivity index is 2.85. The van der Waals surface area contributed by atoms with Gasteiger partial charge >= 0.3 is 5.97 Å². The van der Waals surface area contributed by atoms with E-state index in [0.717, 1.165) is 5.57 Å². The van der Waals surface area contributed by atoms with Crippen LogP contribution in [-0.4, -0.2) is 31.6 Å². The minimum atomic E-state index is -0.824. The van der Waals surface area contributed by atoms with Crippen LogP contribution in [0.3, 0.4) is 0 Å². The Labute approximate surface area is 115 Å². The molecule has 0 radical (unpaired) electrons. The molecule has 0 aromatic carbocycles. The molecule has 0 aliphatic heterocycles. The van der Waals surface area contributed by atoms with Gasteiger partial charge in [0.15, 0.2) is 11.0 Å². The Morgan fingerprint density at radius 1 is 1.58 bits per heavy atom. The average Bonchev–Trinajstić information content (AvgIpc) is 2.73. The van der Waals surface area contributed by atoms with Crippen molar-refractivity contribution < 1.29 is 9.90 Å². The third kappa shape index (κ3) is 4.29. The molecule has 0 fully saturated rings. The Kier molecular flexibility index (Phi) is 5.87. The fraction of sp³-hybridized carbons (Fsp3) is 0.250. The molecular formula is C12H16N4O2S. The number of aliphatic carboxylic acids is 1. The molecule has 0 unspecified atom stereocenters. The minimum absolute atomic E-state index is 0.0902. The Hall–Kier alpha value is -2.02. The van der Waals surface area contributed by atoms with Crippen LogP contribution in [0.1, 0.15) is 12.2 Å². The number of nitrogens with two attached hydrogens (primary N) is 1. The van der Waals surface area contributed by atoms with Crippen LogP contribution in [0, 0.1) is 0 Å². The summed E-state index contributed by atoms with van der Waals surface area (Å²) in [5.74, 6) is 0.289. The van der Waals surface area contributed by atoms with Gasteiger partial charge in [0.25, 0.3) is 0 Å². The molecule has 7 heteroatoms. The summed E-state index contributed by atoms with van der Waals surface area (Å²) in [6, 6.07) is 0. The van der Waals surface area contributed by atoms with Crippen LogP contribution in [0.25, 0.3) is 5.57 Å². The first-order valence-electron chi connectivity index (χ1n) is 5.55. The van der Waals surface area contributed by atoms with Gasteiger partial charge in [0.1, 0.15) is 0 Å². The molecule has 102 valence electrons. The molecule has 19 heavy (non-hydrogen) atoms. The maximum absolute atomic E-state index is 10.5. The van der Waals surface area contributed by atoms with Gasteiger partial charge in [-0.05, 0) is 18.4 Å². The molecule has 0 bridgehead atoms. The molecule has 1 aromatic rings. The highest BCUT2D eigenvalue weighted by molar-refractivity contribution is 7.99. The van der Waals surface area contributed by atoms with Crippen LogP contribution < -0.4 is 5.73 Å². The lowest BCUT2D eigenvalue weighted by molar-refractivity contribution is -0.136. The van der Waals surface area contributed by atoms with Crippen molar-refractivity contribution in [2.45, 2.75) is 11.6 Å². The van der Waals surface area contributed by atoms with Crippen molar-refractivity contribution in [3.63, 3.8) is 0 Å². The van der Waals surface area contributed by atoms with E-state index in [1.165, 1.54) is 18.0 Å². The van der Waals surface area contributed by atoms with Gasteiger partial charge < -0.3 is 15.4 Å². The molecule has 0 aliphatic carbocycles. The zero-order valence-corrected chi connectivity index (χ0v) is 11.4. The van der Waals surface area contributed by atoms with Crippen LogP contribution in [0.15, 0.2) is 36.2 Å². The summed E-state index contributed by atoms with van der Waals surface area (Å²) < 4.78 is 1.80. The summed E-state index contributed by atoms with van der Waals surface area (Å²) in [6.07, 6.45) is 6.64. The van der Waals surface area contributed by atoms with Crippen molar-refractivity contribution in [2.75, 3.05) is 5.75 Å². The van der Waals surface area contributed by atoms with E-state index in [0.29, 0.717) is 16.7 Å². The van der Waals surface area contributed by atoms with Gasteiger partial charge in [-0.15, -0.1) is 10.2 Å². The summed E-state index contributed by atoms with van der Waals surface area (Å²) in [5.41, 5.74) is 6.08. The lowest BCUT2D eigenvalue weighted by Crippen LogP contribution is -2.00. The summed E-state index contributed by atoms with van der Waals surface area (Å²) in [5, 5.41) is 17.4. The van der Waals surface area contributed by atoms with Crippen LogP contribution in [-0.2, 0) is 11.8 Å². The highest BCUT2D eigenvalue weighted by atomic mass is 32.2. The van der Waals surface area contributed by atoms with Crippen molar-refractivity contribution in [3.8, 4) is 0 Å². The van der Waals surface area contributed by atoms with Gasteiger partial charge in [0.2, 0.25) is 0 Å². The van der Waals surface area contributed by atoms with Gasteiger partial charge in [-0.25, -0.2) is 0 Å². The fourth-order valence-corrected chi connectivity index (χ4v) is 2.15. The molecule has 1 rings (SSSR count). The van der Waals surface area contributed by atoms with Gasteiger partial charge in [-0.3, -0.25) is 4.79 Å². The molecule has 0 spiro atoms. The largest absolute Gasteiger partial charge is 0.481 e. The van der Waals surface area contributed by atoms with E-state index in [-0.39, 0.29) is 6.42 Å². The number of carbonyl (C=O) groups is 1. The van der Waals surface area contributed by atoms with Gasteiger partial charge in [-0.2, -0.15) is 0 Å². The summed E-state index contributed by atoms with van der Waals surface area (Å²) >= 11 is 1.35. The smallest absolute Gasteiger partial charge is 0.304 e. The van der Waals surface area contributed by atoms with Crippen molar-refractivity contribution in [1.29, 1.82) is 0 Å². The van der Waals surface area contributed by atoms with E-state index in [9.17, 15) is 4.79 Å². The van der Waals surface area contributed by atoms with Crippen LogP contribution in [0.4, 0.5) is 0 Å². The molecule has 6 nitrogen and oxygen atoms in total. The highest BCUT2D eigenvalue weighted by Crippen LogP contribution is 2.20. The number of nitrogens with zero attached hydrogens (tertiary/aromatic N) is 3. The number of allylic oxidation sites excluding steroid dienone is 4. The Bertz CT molecular complexity index is 520. The van der Waals surface area contributed by atoms with E-state index in [4.69, 9.17) is 10.8 Å². The predicted molar refractivity (Wildman–Crippen MR) is 75.5 cm³/mol. The van der Waals surface area contributed by atoms with Crippen molar-refractivity contribution >= 4 is 23.3 Å². The first-order chi connectivity index (χ1) is 9.10. The standard InChI is InChI=1S/C12H16N4O2S/c1-3-9(5-4-7-13)11-14-15-12(16(11)2)19-8-6-10(17)18/h3-5,7H,1,6,8,13H2,2H3,(H,17,18)/b7-4-,9-5+. The normalized spacial score (nSPS) is 11.9. The number of hydrogen-bond acceptors (Lipinski definition) is 5. The van der Waals surface area contributed by atoms with Gasteiger partial charge in [-0.1, -0.05) is 24.4 Å². The third-order valence-electron chi connectivity index (χ3n) is 2.25. The second kappa shape index (κ2) is 7.42. The first-order valence-corrected chi connectivity index (χ1v) is 6.54. The summed E-state index contributed by atoms with van der Waals surface area (Å²) in [7, 11) is 1.82. The third-order valence-corrected chi connectivity index (χ3v) is 3.27. The molecular weight excluding hydrogens is 264 g/mol. The maximum atomic E-state index is 10.5. The van der Waals surface area contributed by atoms with Crippen molar-refractivity contribution in [3.05, 3.63) is 36.8 Å². The lowest BCUT2D eigenvalue weighted by atomic mass is 10.2. The monoisotopic (exact) mass is 280 g/mol. The van der Waals surface area contributed by atoms with Gasteiger partial charge in [0, 0.05) is 18.4 Å². The minimum Gasteiger partial charge on any atom is -0.481 e. The predicted octanol–water partition coefficient (Wildman–Crippen LogP) is 1.42. The Morgan fingerprint density at radius 2 is 2.32 bits per heavy atom. The van der Waals surface area contributed by atoms with Crippen molar-refractivity contribution in [2.24, 2.45) is 12.8 Å². The number of hydrogen-bond donors (Lipinski definition) is 2. The van der Waals surface area contributed by atoms with E-state index >= 15 is 0 Å². The van der Waals surface area contributed by atoms with Crippen molar-refractivity contribution in [1.82, 2.24) is 14.8 Å². The van der Waals surface area contributed by atoms with E-state index in [1.54, 1.807) is 22.8 Å². The number of carboxylic acid groups (broad SMARTS) is 1. The molecule has 3 N–H and O–H groups in total. The zero-order valence-electron chi connectivity index (χ0n) is 10.6. The average molecular weight is 280 g/mol. The molecule has 1 heterocycles. The lowest BCUT2D eigenvalue weighted by Gasteiger charge is -2.03. The molecule has 1 aromatic heterocycles. The number of rotatable bonds is 7. The van der Waals surface area contributed by atoms with Crippen LogP contribution >= 0.6 is 11.8 Å². The maximum Gasteiger partial charge on any atom is 0.304 e. The van der Waals surface area contributed by atoms with Crippen LogP contribution in [0.2, 0.25) is 0 Å². The SMILES string of the molecule is C=C/C(=C\C=C/N)c1nnc(SCCC(=O)O)n1C. The van der Waals surface area contributed by atoms with Crippen LogP contribution in [0.5, 0.6) is 0 Å². The number of thioether (sulfide) groups is 1. The zero-order chi connectivity index (χ0) is 14.3. The topological polar surface area (TPSA) is 94.0 Å². The molecule has 0 atom stereocenters. The van der Waals surface area contributed by atoms with E-state index < -0.39 is 5.97 Å². The first kappa shape index (κ1) is 15.0. The van der Waals surface area contributed by atoms with E-state index in [1.807, 2.05) is 7.05 Å². The molecule has 0 saturated heterocycles. The molecule has 0 aliphatic rings. The summed E-state index contributed by atoms with van der Waals surface area (Å²) in [6.45, 7) is 3.72. The second-order valence-corrected chi connectivity index (χ2v) is 4.63. The molecule has 0 amide bonds. The fourth-order valence-electron chi connectivity index (χ4n) is 1.31. The number of aromatic nitrogens is 3. The van der Waals surface area contributed by atoms with E-state index in [2.05, 4.69) is 16.8 Å². The quantitative estimate of drug-likeness (QED) is 0.579. The van der Waals surface area contributed by atoms with Gasteiger partial charge in [0.05, 0.1) is 6.42 Å². The second-order valence-electron chi connectivity index (χ2n) is 3.57. The highest BCUT2D eigenvalue weighted by Gasteiger charge is 2.11.